The maximum absolute atomic E-state index is 13.4. The van der Waals surface area contributed by atoms with Gasteiger partial charge in [0.1, 0.15) is 0 Å². The third-order valence-electron chi connectivity index (χ3n) is 5.45. The summed E-state index contributed by atoms with van der Waals surface area (Å²) in [5, 5.41) is 3.48. The monoisotopic (exact) mass is 421 g/mol. The number of carbonyl (C=O) groups is 1. The van der Waals surface area contributed by atoms with Crippen LogP contribution in [0.4, 0.5) is 0 Å². The van der Waals surface area contributed by atoms with Crippen LogP contribution in [-0.2, 0) is 15.6 Å². The molecule has 2 heterocycles. The Morgan fingerprint density at radius 1 is 1.29 bits per heavy atom. The highest BCUT2D eigenvalue weighted by Crippen LogP contribution is 2.34. The van der Waals surface area contributed by atoms with Gasteiger partial charge in [0.2, 0.25) is 5.89 Å². The van der Waals surface area contributed by atoms with Crippen molar-refractivity contribution in [3.63, 3.8) is 0 Å². The predicted octanol–water partition coefficient (Wildman–Crippen LogP) is 2.85. The van der Waals surface area contributed by atoms with E-state index in [2.05, 4.69) is 10.1 Å². The Morgan fingerprint density at radius 2 is 2.07 bits per heavy atom. The summed E-state index contributed by atoms with van der Waals surface area (Å²) in [7, 11) is -3.11. The topological polar surface area (TPSA) is 93.4 Å². The van der Waals surface area contributed by atoms with Crippen molar-refractivity contribution in [2.45, 2.75) is 54.5 Å². The normalized spacial score (nSPS) is 24.0. The van der Waals surface area contributed by atoms with E-state index in [1.54, 1.807) is 11.8 Å². The number of rotatable bonds is 4. The summed E-state index contributed by atoms with van der Waals surface area (Å²) in [6.07, 6.45) is 3.30. The molecule has 150 valence electrons. The highest BCUT2D eigenvalue weighted by molar-refractivity contribution is 7.98. The van der Waals surface area contributed by atoms with Crippen molar-refractivity contribution in [3.05, 3.63) is 41.5 Å². The van der Waals surface area contributed by atoms with Gasteiger partial charge in [-0.05, 0) is 25.0 Å². The molecule has 2 fully saturated rings. The Labute approximate surface area is 168 Å². The maximum Gasteiger partial charge on any atom is 0.255 e. The Balaban J connectivity index is 1.56. The van der Waals surface area contributed by atoms with E-state index in [9.17, 15) is 13.2 Å². The molecule has 2 aliphatic rings. The molecule has 2 atom stereocenters. The number of fused-ring (bicyclic) bond motifs is 1. The van der Waals surface area contributed by atoms with Crippen LogP contribution in [0.5, 0.6) is 0 Å². The van der Waals surface area contributed by atoms with Gasteiger partial charge in [-0.1, -0.05) is 30.1 Å². The van der Waals surface area contributed by atoms with Crippen LogP contribution in [0.25, 0.3) is 0 Å². The number of hydrogen-bond acceptors (Lipinski definition) is 7. The van der Waals surface area contributed by atoms with Gasteiger partial charge in [-0.15, -0.1) is 11.8 Å². The van der Waals surface area contributed by atoms with Crippen LogP contribution in [0.2, 0.25) is 0 Å². The van der Waals surface area contributed by atoms with Crippen LogP contribution in [0.15, 0.2) is 33.7 Å². The first kappa shape index (κ1) is 19.4. The summed E-state index contributed by atoms with van der Waals surface area (Å²) in [5.74, 6) is 1.57. The Hall–Kier alpha value is -1.87. The average molecular weight is 422 g/mol. The number of thioether (sulfide) groups is 1. The standard InChI is InChI=1S/C19H23N3O4S2/c1-13-20-18(21-26-13)12-27-16-8-4-2-6-14(16)19(23)22-10-11-28(24,25)17-9-5-3-7-15(17)22/h2,4,6,8,15,17H,3,5,7,9-12H2,1H3/t15-,17+/m1/s1. The maximum atomic E-state index is 13.4. The van der Waals surface area contributed by atoms with Crippen LogP contribution in [0, 0.1) is 6.92 Å². The molecule has 1 saturated heterocycles. The summed E-state index contributed by atoms with van der Waals surface area (Å²) in [6.45, 7) is 2.01. The SMILES string of the molecule is Cc1nc(CSc2ccccc2C(=O)N2CCS(=O)(=O)[C@H]3CCCC[C@H]32)no1. The number of sulfone groups is 1. The van der Waals surface area contributed by atoms with Gasteiger partial charge in [0.25, 0.3) is 5.91 Å². The van der Waals surface area contributed by atoms with Crippen molar-refractivity contribution in [2.24, 2.45) is 0 Å². The fourth-order valence-electron chi connectivity index (χ4n) is 4.11. The van der Waals surface area contributed by atoms with Crippen molar-refractivity contribution in [1.82, 2.24) is 15.0 Å². The minimum Gasteiger partial charge on any atom is -0.340 e. The van der Waals surface area contributed by atoms with Gasteiger partial charge in [0, 0.05) is 24.4 Å². The van der Waals surface area contributed by atoms with Crippen molar-refractivity contribution >= 4 is 27.5 Å². The van der Waals surface area contributed by atoms with Crippen LogP contribution in [-0.4, -0.2) is 53.0 Å². The molecule has 1 saturated carbocycles. The first-order valence-corrected chi connectivity index (χ1v) is 12.2. The third-order valence-corrected chi connectivity index (χ3v) is 8.74. The summed E-state index contributed by atoms with van der Waals surface area (Å²) in [5.41, 5.74) is 0.608. The first-order chi connectivity index (χ1) is 13.5. The fourth-order valence-corrected chi connectivity index (χ4v) is 7.04. The van der Waals surface area contributed by atoms with Gasteiger partial charge in [0.05, 0.1) is 22.3 Å². The molecule has 1 aliphatic heterocycles. The number of carbonyl (C=O) groups excluding carboxylic acids is 1. The van der Waals surface area contributed by atoms with Crippen molar-refractivity contribution in [3.8, 4) is 0 Å². The van der Waals surface area contributed by atoms with E-state index in [1.165, 1.54) is 11.8 Å². The van der Waals surface area contributed by atoms with Crippen LogP contribution in [0.1, 0.15) is 47.8 Å². The Bertz CT molecular complexity index is 973. The Morgan fingerprint density at radius 3 is 2.86 bits per heavy atom. The largest absolute Gasteiger partial charge is 0.340 e. The molecule has 28 heavy (non-hydrogen) atoms. The van der Waals surface area contributed by atoms with Gasteiger partial charge in [-0.2, -0.15) is 4.98 Å². The summed E-state index contributed by atoms with van der Waals surface area (Å²) in [6, 6.07) is 7.24. The smallest absolute Gasteiger partial charge is 0.255 e. The van der Waals surface area contributed by atoms with Gasteiger partial charge in [-0.25, -0.2) is 8.42 Å². The molecule has 0 spiro atoms. The van der Waals surface area contributed by atoms with E-state index in [1.807, 2.05) is 24.3 Å². The van der Waals surface area contributed by atoms with Crippen LogP contribution in [0.3, 0.4) is 0 Å². The lowest BCUT2D eigenvalue weighted by Gasteiger charge is -2.43. The Kier molecular flexibility index (Phi) is 5.46. The molecule has 2 aromatic rings. The first-order valence-electron chi connectivity index (χ1n) is 9.49. The molecule has 7 nitrogen and oxygen atoms in total. The molecular formula is C19H23N3O4S2. The minimum absolute atomic E-state index is 0.0529. The van der Waals surface area contributed by atoms with E-state index in [0.717, 1.165) is 24.2 Å². The van der Waals surface area contributed by atoms with Crippen LogP contribution >= 0.6 is 11.8 Å². The van der Waals surface area contributed by atoms with Gasteiger partial charge in [-0.3, -0.25) is 4.79 Å². The summed E-state index contributed by atoms with van der Waals surface area (Å²) >= 11 is 1.48. The highest BCUT2D eigenvalue weighted by atomic mass is 32.2. The molecule has 0 radical (unpaired) electrons. The summed E-state index contributed by atoms with van der Waals surface area (Å²) < 4.78 is 30.0. The van der Waals surface area contributed by atoms with Gasteiger partial charge >= 0.3 is 0 Å². The fraction of sp³-hybridized carbons (Fsp3) is 0.526. The predicted molar refractivity (Wildman–Crippen MR) is 106 cm³/mol. The molecule has 1 aromatic carbocycles. The number of aryl methyl sites for hydroxylation is 1. The van der Waals surface area contributed by atoms with E-state index >= 15 is 0 Å². The lowest BCUT2D eigenvalue weighted by Crippen LogP contribution is -2.57. The molecule has 0 unspecified atom stereocenters. The number of amides is 1. The number of hydrogen-bond donors (Lipinski definition) is 0. The van der Waals surface area contributed by atoms with E-state index in [4.69, 9.17) is 4.52 Å². The highest BCUT2D eigenvalue weighted by Gasteiger charge is 2.44. The minimum atomic E-state index is -3.11. The number of aromatic nitrogens is 2. The molecule has 4 rings (SSSR count). The van der Waals surface area contributed by atoms with E-state index < -0.39 is 15.1 Å². The number of nitrogens with zero attached hydrogens (tertiary/aromatic N) is 3. The van der Waals surface area contributed by atoms with Gasteiger partial charge < -0.3 is 9.42 Å². The summed E-state index contributed by atoms with van der Waals surface area (Å²) in [4.78, 5) is 20.2. The second kappa shape index (κ2) is 7.87. The van der Waals surface area contributed by atoms with Crippen LogP contribution < -0.4 is 0 Å². The second-order valence-electron chi connectivity index (χ2n) is 7.27. The molecule has 0 N–H and O–H groups in total. The lowest BCUT2D eigenvalue weighted by molar-refractivity contribution is 0.0635. The molecule has 1 aliphatic carbocycles. The zero-order valence-corrected chi connectivity index (χ0v) is 17.3. The second-order valence-corrected chi connectivity index (χ2v) is 10.6. The quantitative estimate of drug-likeness (QED) is 0.701. The molecule has 1 amide bonds. The van der Waals surface area contributed by atoms with E-state index in [0.29, 0.717) is 29.5 Å². The van der Waals surface area contributed by atoms with Crippen molar-refractivity contribution in [2.75, 3.05) is 12.3 Å². The molecular weight excluding hydrogens is 398 g/mol. The van der Waals surface area contributed by atoms with Crippen molar-refractivity contribution in [1.29, 1.82) is 0 Å². The zero-order valence-electron chi connectivity index (χ0n) is 15.7. The zero-order chi connectivity index (χ0) is 19.7. The average Bonchev–Trinajstić information content (AvgIpc) is 3.12. The molecule has 1 aromatic heterocycles. The van der Waals surface area contributed by atoms with E-state index in [-0.39, 0.29) is 24.2 Å². The van der Waals surface area contributed by atoms with Gasteiger partial charge in [0.15, 0.2) is 15.7 Å². The van der Waals surface area contributed by atoms with Crippen molar-refractivity contribution < 1.29 is 17.7 Å². The lowest BCUT2D eigenvalue weighted by atomic mass is 9.92. The molecule has 0 bridgehead atoms. The molecule has 9 heteroatoms. The third kappa shape index (κ3) is 3.82. The number of benzene rings is 1.